The minimum absolute atomic E-state index is 0.0646. The fourth-order valence-electron chi connectivity index (χ4n) is 4.03. The lowest BCUT2D eigenvalue weighted by atomic mass is 10.1. The molecule has 4 rings (SSSR count). The van der Waals surface area contributed by atoms with Crippen molar-refractivity contribution in [1.82, 2.24) is 9.62 Å². The molecular weight excluding hydrogens is 454 g/mol. The van der Waals surface area contributed by atoms with E-state index in [2.05, 4.69) is 41.7 Å². The van der Waals surface area contributed by atoms with Gasteiger partial charge in [-0.25, -0.2) is 13.1 Å². The highest BCUT2D eigenvalue weighted by molar-refractivity contribution is 7.89. The lowest BCUT2D eigenvalue weighted by molar-refractivity contribution is 0.0746. The summed E-state index contributed by atoms with van der Waals surface area (Å²) in [6, 6.07) is 16.5. The number of sulfonamides is 1. The number of carbonyl (C=O) groups excluding carboxylic acids is 1. The lowest BCUT2D eigenvalue weighted by Crippen LogP contribution is -2.49. The van der Waals surface area contributed by atoms with Crippen molar-refractivity contribution in [3.05, 3.63) is 81.5 Å². The largest absolute Gasteiger partial charge is 0.368 e. The number of aryl methyl sites for hydroxylation is 1. The van der Waals surface area contributed by atoms with E-state index in [9.17, 15) is 13.2 Å². The molecule has 33 heavy (non-hydrogen) atoms. The number of nitrogens with zero attached hydrogens (tertiary/aromatic N) is 2. The van der Waals surface area contributed by atoms with E-state index in [1.54, 1.807) is 23.5 Å². The number of carbonyl (C=O) groups is 1. The summed E-state index contributed by atoms with van der Waals surface area (Å²) >= 11 is 1.61. The van der Waals surface area contributed by atoms with Crippen LogP contribution in [0.1, 0.15) is 26.4 Å². The number of nitrogens with one attached hydrogen (secondary N) is 1. The molecule has 0 bridgehead atoms. The van der Waals surface area contributed by atoms with Crippen LogP contribution in [0.3, 0.4) is 0 Å². The lowest BCUT2D eigenvalue weighted by Gasteiger charge is -2.37. The van der Waals surface area contributed by atoms with E-state index < -0.39 is 10.0 Å². The third-order valence-electron chi connectivity index (χ3n) is 6.14. The summed E-state index contributed by atoms with van der Waals surface area (Å²) in [7, 11) is -3.60. The first-order valence-electron chi connectivity index (χ1n) is 11.1. The van der Waals surface area contributed by atoms with E-state index in [0.717, 1.165) is 18.0 Å². The number of hydrogen-bond acceptors (Lipinski definition) is 5. The van der Waals surface area contributed by atoms with Gasteiger partial charge in [-0.1, -0.05) is 18.2 Å². The zero-order chi connectivity index (χ0) is 23.4. The van der Waals surface area contributed by atoms with Gasteiger partial charge in [-0.15, -0.1) is 11.3 Å². The van der Waals surface area contributed by atoms with Crippen molar-refractivity contribution in [3.63, 3.8) is 0 Å². The van der Waals surface area contributed by atoms with Crippen molar-refractivity contribution in [1.29, 1.82) is 0 Å². The molecule has 0 unspecified atom stereocenters. The third kappa shape index (κ3) is 5.46. The molecule has 6 nitrogen and oxygen atoms in total. The average Bonchev–Trinajstić information content (AvgIpc) is 3.34. The van der Waals surface area contributed by atoms with Gasteiger partial charge in [0.1, 0.15) is 0 Å². The predicted molar refractivity (Wildman–Crippen MR) is 134 cm³/mol. The van der Waals surface area contributed by atoms with E-state index >= 15 is 0 Å². The highest BCUT2D eigenvalue weighted by atomic mass is 32.2. The van der Waals surface area contributed by atoms with E-state index in [1.165, 1.54) is 28.9 Å². The van der Waals surface area contributed by atoms with E-state index in [1.807, 2.05) is 22.4 Å². The predicted octanol–water partition coefficient (Wildman–Crippen LogP) is 3.85. The molecule has 2 heterocycles. The minimum Gasteiger partial charge on any atom is -0.368 e. The fourth-order valence-corrected chi connectivity index (χ4v) is 5.78. The number of anilines is 1. The molecule has 174 valence electrons. The average molecular weight is 484 g/mol. The first kappa shape index (κ1) is 23.5. The Hall–Kier alpha value is -2.68. The summed E-state index contributed by atoms with van der Waals surface area (Å²) < 4.78 is 27.7. The zero-order valence-corrected chi connectivity index (χ0v) is 20.6. The van der Waals surface area contributed by atoms with Crippen molar-refractivity contribution < 1.29 is 13.2 Å². The monoisotopic (exact) mass is 483 g/mol. The highest BCUT2D eigenvalue weighted by Crippen LogP contribution is 2.24. The quantitative estimate of drug-likeness (QED) is 0.554. The molecule has 0 aliphatic carbocycles. The molecule has 2 aromatic carbocycles. The smallest absolute Gasteiger partial charge is 0.253 e. The van der Waals surface area contributed by atoms with Crippen molar-refractivity contribution in [3.8, 4) is 0 Å². The van der Waals surface area contributed by atoms with Gasteiger partial charge in [0.05, 0.1) is 4.90 Å². The van der Waals surface area contributed by atoms with Crippen molar-refractivity contribution in [2.24, 2.45) is 0 Å². The number of hydrogen-bond donors (Lipinski definition) is 1. The van der Waals surface area contributed by atoms with Crippen LogP contribution < -0.4 is 9.62 Å². The second-order valence-electron chi connectivity index (χ2n) is 8.25. The summed E-state index contributed by atoms with van der Waals surface area (Å²) in [5.41, 5.74) is 4.27. The molecule has 8 heteroatoms. The van der Waals surface area contributed by atoms with Gasteiger partial charge in [-0.2, -0.15) is 0 Å². The molecule has 1 aromatic heterocycles. The highest BCUT2D eigenvalue weighted by Gasteiger charge is 2.24. The van der Waals surface area contributed by atoms with Gasteiger partial charge < -0.3 is 9.80 Å². The Morgan fingerprint density at radius 3 is 2.36 bits per heavy atom. The standard InChI is InChI=1S/C25H29N3O3S2/c1-19-5-3-7-24(20(19)2)27-14-16-28(17-15-27)25(29)21-8-10-23(11-9-21)33(30,31)26-13-12-22-6-4-18-32-22/h3-11,18,26H,12-17H2,1-2H3. The molecule has 1 amide bonds. The Kier molecular flexibility index (Phi) is 7.17. The minimum atomic E-state index is -3.60. The van der Waals surface area contributed by atoms with Crippen LogP contribution in [0.2, 0.25) is 0 Å². The number of amides is 1. The normalized spacial score (nSPS) is 14.5. The molecule has 1 saturated heterocycles. The van der Waals surface area contributed by atoms with Crippen LogP contribution in [0.5, 0.6) is 0 Å². The molecule has 0 spiro atoms. The Morgan fingerprint density at radius 2 is 1.70 bits per heavy atom. The second kappa shape index (κ2) is 10.1. The summed E-state index contributed by atoms with van der Waals surface area (Å²) in [5.74, 6) is -0.0646. The Balaban J connectivity index is 1.34. The molecule has 0 radical (unpaired) electrons. The van der Waals surface area contributed by atoms with E-state index in [-0.39, 0.29) is 10.8 Å². The maximum atomic E-state index is 13.0. The van der Waals surface area contributed by atoms with Crippen molar-refractivity contribution >= 4 is 33.0 Å². The second-order valence-corrected chi connectivity index (χ2v) is 11.0. The maximum absolute atomic E-state index is 13.0. The number of piperazine rings is 1. The van der Waals surface area contributed by atoms with Crippen LogP contribution in [0.25, 0.3) is 0 Å². The van der Waals surface area contributed by atoms with Crippen LogP contribution in [0, 0.1) is 13.8 Å². The fraction of sp³-hybridized carbons (Fsp3) is 0.320. The maximum Gasteiger partial charge on any atom is 0.253 e. The van der Waals surface area contributed by atoms with Crippen LogP contribution in [0.4, 0.5) is 5.69 Å². The molecule has 3 aromatic rings. The van der Waals surface area contributed by atoms with Gasteiger partial charge in [0.2, 0.25) is 10.0 Å². The summed E-state index contributed by atoms with van der Waals surface area (Å²) in [6.45, 7) is 7.41. The van der Waals surface area contributed by atoms with Crippen LogP contribution >= 0.6 is 11.3 Å². The topological polar surface area (TPSA) is 69.7 Å². The molecular formula is C25H29N3O3S2. The molecule has 1 fully saturated rings. The Bertz CT molecular complexity index is 1200. The third-order valence-corrected chi connectivity index (χ3v) is 8.55. The molecule has 1 aliphatic heterocycles. The molecule has 0 saturated carbocycles. The Labute approximate surface area is 199 Å². The molecule has 0 atom stereocenters. The van der Waals surface area contributed by atoms with Crippen molar-refractivity contribution in [2.75, 3.05) is 37.6 Å². The first-order chi connectivity index (χ1) is 15.8. The van der Waals surface area contributed by atoms with Crippen molar-refractivity contribution in [2.45, 2.75) is 25.2 Å². The first-order valence-corrected chi connectivity index (χ1v) is 13.4. The van der Waals surface area contributed by atoms with E-state index in [0.29, 0.717) is 31.6 Å². The SMILES string of the molecule is Cc1cccc(N2CCN(C(=O)c3ccc(S(=O)(=O)NCCc4cccs4)cc3)CC2)c1C. The van der Waals surface area contributed by atoms with Gasteiger partial charge >= 0.3 is 0 Å². The number of thiophene rings is 1. The Morgan fingerprint density at radius 1 is 0.970 bits per heavy atom. The van der Waals surface area contributed by atoms with Gasteiger partial charge in [0, 0.05) is 48.9 Å². The van der Waals surface area contributed by atoms with Gasteiger partial charge in [-0.3, -0.25) is 4.79 Å². The van der Waals surface area contributed by atoms with Gasteiger partial charge in [0.15, 0.2) is 0 Å². The molecule has 1 N–H and O–H groups in total. The van der Waals surface area contributed by atoms with E-state index in [4.69, 9.17) is 0 Å². The zero-order valence-electron chi connectivity index (χ0n) is 19.0. The summed E-state index contributed by atoms with van der Waals surface area (Å²) in [4.78, 5) is 18.4. The van der Waals surface area contributed by atoms with Crippen LogP contribution in [0.15, 0.2) is 64.9 Å². The summed E-state index contributed by atoms with van der Waals surface area (Å²) in [5, 5.41) is 1.98. The number of rotatable bonds is 7. The summed E-state index contributed by atoms with van der Waals surface area (Å²) in [6.07, 6.45) is 0.654. The van der Waals surface area contributed by atoms with Gasteiger partial charge in [0.25, 0.3) is 5.91 Å². The molecule has 1 aliphatic rings. The van der Waals surface area contributed by atoms with Crippen LogP contribution in [-0.2, 0) is 16.4 Å². The number of benzene rings is 2. The van der Waals surface area contributed by atoms with Gasteiger partial charge in [-0.05, 0) is 73.2 Å². The van der Waals surface area contributed by atoms with Crippen LogP contribution in [-0.4, -0.2) is 51.9 Å².